The van der Waals surface area contributed by atoms with Gasteiger partial charge in [-0.1, -0.05) is 0 Å². The standard InChI is InChI=1S/C22H21NO7/c1-3-28-21(24)9-6-16-11-18-14(2)10-22(25)30-20(18)12-19(16)29-13-15-4-7-17(8-5-15)23(26)27/h4-5,7-8,10-12H,3,6,9,13H2,1-2H3. The highest BCUT2D eigenvalue weighted by atomic mass is 16.6. The molecule has 0 atom stereocenters. The van der Waals surface area contributed by atoms with Gasteiger partial charge in [0.1, 0.15) is 17.9 Å². The highest BCUT2D eigenvalue weighted by Crippen LogP contribution is 2.29. The molecule has 30 heavy (non-hydrogen) atoms. The quantitative estimate of drug-likeness (QED) is 0.238. The van der Waals surface area contributed by atoms with E-state index in [2.05, 4.69) is 0 Å². The smallest absolute Gasteiger partial charge is 0.336 e. The first kappa shape index (κ1) is 21.0. The zero-order chi connectivity index (χ0) is 21.7. The summed E-state index contributed by atoms with van der Waals surface area (Å²) in [5.41, 5.74) is 2.20. The van der Waals surface area contributed by atoms with Gasteiger partial charge in [-0.05, 0) is 55.2 Å². The summed E-state index contributed by atoms with van der Waals surface area (Å²) in [6, 6.07) is 10.9. The van der Waals surface area contributed by atoms with Gasteiger partial charge in [-0.15, -0.1) is 0 Å². The van der Waals surface area contributed by atoms with E-state index in [1.165, 1.54) is 18.2 Å². The summed E-state index contributed by atoms with van der Waals surface area (Å²) in [5.74, 6) is 0.161. The molecule has 0 bridgehead atoms. The fourth-order valence-electron chi connectivity index (χ4n) is 3.07. The van der Waals surface area contributed by atoms with Gasteiger partial charge in [-0.25, -0.2) is 4.79 Å². The Bertz CT molecular complexity index is 1130. The van der Waals surface area contributed by atoms with Gasteiger partial charge in [0.15, 0.2) is 0 Å². The van der Waals surface area contributed by atoms with Crippen molar-refractivity contribution in [2.45, 2.75) is 33.3 Å². The molecule has 156 valence electrons. The number of non-ortho nitro benzene ring substituents is 1. The average Bonchev–Trinajstić information content (AvgIpc) is 2.71. The largest absolute Gasteiger partial charge is 0.488 e. The lowest BCUT2D eigenvalue weighted by Crippen LogP contribution is -2.07. The Labute approximate surface area is 172 Å². The van der Waals surface area contributed by atoms with Crippen LogP contribution < -0.4 is 10.4 Å². The minimum absolute atomic E-state index is 0.00293. The SMILES string of the molecule is CCOC(=O)CCc1cc2c(C)cc(=O)oc2cc1OCc1ccc([N+](=O)[O-])cc1. The van der Waals surface area contributed by atoms with Crippen molar-refractivity contribution in [3.8, 4) is 5.75 Å². The molecule has 3 rings (SSSR count). The fourth-order valence-corrected chi connectivity index (χ4v) is 3.07. The maximum absolute atomic E-state index is 11.8. The summed E-state index contributed by atoms with van der Waals surface area (Å²) in [7, 11) is 0. The van der Waals surface area contributed by atoms with Crippen molar-refractivity contribution in [1.29, 1.82) is 0 Å². The van der Waals surface area contributed by atoms with E-state index in [9.17, 15) is 19.7 Å². The second kappa shape index (κ2) is 9.21. The van der Waals surface area contributed by atoms with E-state index in [1.54, 1.807) is 25.1 Å². The van der Waals surface area contributed by atoms with Gasteiger partial charge in [0.05, 0.1) is 11.5 Å². The number of nitro groups is 1. The first-order valence-electron chi connectivity index (χ1n) is 9.46. The van der Waals surface area contributed by atoms with Crippen LogP contribution in [0.15, 0.2) is 51.7 Å². The highest BCUT2D eigenvalue weighted by molar-refractivity contribution is 5.83. The van der Waals surface area contributed by atoms with Crippen LogP contribution in [0.5, 0.6) is 5.75 Å². The van der Waals surface area contributed by atoms with Gasteiger partial charge in [0, 0.05) is 36.1 Å². The number of fused-ring (bicyclic) bond motifs is 1. The van der Waals surface area contributed by atoms with E-state index in [-0.39, 0.29) is 24.7 Å². The number of aryl methyl sites for hydroxylation is 2. The zero-order valence-electron chi connectivity index (χ0n) is 16.7. The lowest BCUT2D eigenvalue weighted by atomic mass is 10.0. The Hall–Kier alpha value is -3.68. The predicted molar refractivity (Wildman–Crippen MR) is 110 cm³/mol. The Balaban J connectivity index is 1.89. The van der Waals surface area contributed by atoms with Gasteiger partial charge >= 0.3 is 11.6 Å². The van der Waals surface area contributed by atoms with Gasteiger partial charge in [-0.3, -0.25) is 14.9 Å². The molecule has 8 nitrogen and oxygen atoms in total. The summed E-state index contributed by atoms with van der Waals surface area (Å²) >= 11 is 0. The molecule has 0 N–H and O–H groups in total. The minimum Gasteiger partial charge on any atom is -0.488 e. The number of carbonyl (C=O) groups is 1. The molecule has 0 unspecified atom stereocenters. The Morgan fingerprint density at radius 1 is 1.17 bits per heavy atom. The van der Waals surface area contributed by atoms with Crippen molar-refractivity contribution in [2.75, 3.05) is 6.61 Å². The second-order valence-electron chi connectivity index (χ2n) is 6.72. The van der Waals surface area contributed by atoms with Crippen LogP contribution in [0.2, 0.25) is 0 Å². The number of hydrogen-bond acceptors (Lipinski definition) is 7. The third kappa shape index (κ3) is 5.02. The molecule has 0 aliphatic carbocycles. The van der Waals surface area contributed by atoms with E-state index in [0.717, 1.165) is 22.1 Å². The first-order chi connectivity index (χ1) is 14.4. The van der Waals surface area contributed by atoms with Gasteiger partial charge < -0.3 is 13.9 Å². The van der Waals surface area contributed by atoms with Crippen LogP contribution in [0, 0.1) is 17.0 Å². The Morgan fingerprint density at radius 3 is 2.57 bits per heavy atom. The third-order valence-corrected chi connectivity index (χ3v) is 4.58. The molecule has 2 aromatic carbocycles. The van der Waals surface area contributed by atoms with Crippen LogP contribution in [0.3, 0.4) is 0 Å². The molecule has 1 aromatic heterocycles. The monoisotopic (exact) mass is 411 g/mol. The topological polar surface area (TPSA) is 109 Å². The van der Waals surface area contributed by atoms with E-state index in [1.807, 2.05) is 13.0 Å². The lowest BCUT2D eigenvalue weighted by Gasteiger charge is -2.13. The maximum Gasteiger partial charge on any atom is 0.336 e. The van der Waals surface area contributed by atoms with Crippen LogP contribution in [0.25, 0.3) is 11.0 Å². The molecule has 0 aliphatic heterocycles. The van der Waals surface area contributed by atoms with E-state index in [0.29, 0.717) is 24.4 Å². The summed E-state index contributed by atoms with van der Waals surface area (Å²) in [4.78, 5) is 33.8. The van der Waals surface area contributed by atoms with Crippen LogP contribution in [-0.2, 0) is 22.6 Å². The van der Waals surface area contributed by atoms with Crippen molar-refractivity contribution in [2.24, 2.45) is 0 Å². The molecule has 1 heterocycles. The summed E-state index contributed by atoms with van der Waals surface area (Å²) < 4.78 is 16.2. The van der Waals surface area contributed by atoms with Crippen LogP contribution in [0.4, 0.5) is 5.69 Å². The van der Waals surface area contributed by atoms with Crippen molar-refractivity contribution in [1.82, 2.24) is 0 Å². The molecule has 0 spiro atoms. The maximum atomic E-state index is 11.8. The summed E-state index contributed by atoms with van der Waals surface area (Å²) in [6.07, 6.45) is 0.575. The number of ether oxygens (including phenoxy) is 2. The van der Waals surface area contributed by atoms with Gasteiger partial charge in [0.25, 0.3) is 5.69 Å². The third-order valence-electron chi connectivity index (χ3n) is 4.58. The molecule has 8 heteroatoms. The molecule has 0 aliphatic rings. The minimum atomic E-state index is -0.466. The van der Waals surface area contributed by atoms with Gasteiger partial charge in [0.2, 0.25) is 0 Å². The normalized spacial score (nSPS) is 10.7. The average molecular weight is 411 g/mol. The lowest BCUT2D eigenvalue weighted by molar-refractivity contribution is -0.384. The number of nitro benzene ring substituents is 1. The second-order valence-corrected chi connectivity index (χ2v) is 6.72. The van der Waals surface area contributed by atoms with E-state index < -0.39 is 10.5 Å². The van der Waals surface area contributed by atoms with Crippen molar-refractivity contribution >= 4 is 22.6 Å². The Morgan fingerprint density at radius 2 is 1.90 bits per heavy atom. The number of benzene rings is 2. The fraction of sp³-hybridized carbons (Fsp3) is 0.273. The van der Waals surface area contributed by atoms with Crippen molar-refractivity contribution in [3.05, 3.63) is 79.7 Å². The Kier molecular flexibility index (Phi) is 6.46. The number of esters is 1. The van der Waals surface area contributed by atoms with E-state index in [4.69, 9.17) is 13.9 Å². The molecular formula is C22H21NO7. The molecule has 3 aromatic rings. The van der Waals surface area contributed by atoms with Crippen LogP contribution >= 0.6 is 0 Å². The van der Waals surface area contributed by atoms with Crippen molar-refractivity contribution < 1.29 is 23.6 Å². The molecule has 0 saturated heterocycles. The molecule has 0 fully saturated rings. The van der Waals surface area contributed by atoms with E-state index >= 15 is 0 Å². The summed E-state index contributed by atoms with van der Waals surface area (Å²) in [5, 5.41) is 11.6. The van der Waals surface area contributed by atoms with Crippen LogP contribution in [0.1, 0.15) is 30.0 Å². The number of carbonyl (C=O) groups excluding carboxylic acids is 1. The predicted octanol–water partition coefficient (Wildman–Crippen LogP) is 4.08. The van der Waals surface area contributed by atoms with Gasteiger partial charge in [-0.2, -0.15) is 0 Å². The molecule has 0 amide bonds. The zero-order valence-corrected chi connectivity index (χ0v) is 16.7. The highest BCUT2D eigenvalue weighted by Gasteiger charge is 2.13. The molecule has 0 radical (unpaired) electrons. The number of hydrogen-bond donors (Lipinski definition) is 0. The number of rotatable bonds is 8. The molecule has 0 saturated carbocycles. The first-order valence-corrected chi connectivity index (χ1v) is 9.46. The van der Waals surface area contributed by atoms with Crippen LogP contribution in [-0.4, -0.2) is 17.5 Å². The van der Waals surface area contributed by atoms with Crippen molar-refractivity contribution in [3.63, 3.8) is 0 Å². The number of nitrogens with zero attached hydrogens (tertiary/aromatic N) is 1. The summed E-state index contributed by atoms with van der Waals surface area (Å²) in [6.45, 7) is 4.03. The molecular weight excluding hydrogens is 390 g/mol.